The summed E-state index contributed by atoms with van der Waals surface area (Å²) in [6.07, 6.45) is 0. The normalized spacial score (nSPS) is 17.6. The van der Waals surface area contributed by atoms with Gasteiger partial charge < -0.3 is 4.90 Å². The van der Waals surface area contributed by atoms with Crippen molar-refractivity contribution in [3.05, 3.63) is 35.9 Å². The summed E-state index contributed by atoms with van der Waals surface area (Å²) >= 11 is 0. The third-order valence-electron chi connectivity index (χ3n) is 3.60. The lowest BCUT2D eigenvalue weighted by atomic mass is 10.0. The van der Waals surface area contributed by atoms with Crippen LogP contribution in [0.4, 0.5) is 5.69 Å². The minimum atomic E-state index is -3.34. The van der Waals surface area contributed by atoms with E-state index in [9.17, 15) is 8.42 Å². The van der Waals surface area contributed by atoms with Gasteiger partial charge in [0.15, 0.2) is 0 Å². The molecule has 0 atom stereocenters. The molecule has 2 aromatic carbocycles. The minimum absolute atomic E-state index is 0.416. The summed E-state index contributed by atoms with van der Waals surface area (Å²) in [4.78, 5) is 2.45. The molecular formula is C14H16N2O2S. The summed E-state index contributed by atoms with van der Waals surface area (Å²) in [5, 5.41) is 1.85. The summed E-state index contributed by atoms with van der Waals surface area (Å²) < 4.78 is 26.1. The summed E-state index contributed by atoms with van der Waals surface area (Å²) in [5.41, 5.74) is 2.15. The maximum absolute atomic E-state index is 12.3. The summed E-state index contributed by atoms with van der Waals surface area (Å²) in [6, 6.07) is 9.56. The van der Waals surface area contributed by atoms with Crippen molar-refractivity contribution in [3.8, 4) is 0 Å². The Balaban J connectivity index is 2.43. The van der Waals surface area contributed by atoms with E-state index in [-0.39, 0.29) is 0 Å². The Morgan fingerprint density at radius 2 is 1.95 bits per heavy atom. The van der Waals surface area contributed by atoms with Crippen LogP contribution in [0, 0.1) is 0 Å². The first-order valence-corrected chi connectivity index (χ1v) is 7.54. The molecule has 0 fully saturated rings. The molecule has 0 aliphatic carbocycles. The van der Waals surface area contributed by atoms with Gasteiger partial charge in [-0.1, -0.05) is 12.1 Å². The molecule has 5 heteroatoms. The molecule has 0 saturated heterocycles. The Kier molecular flexibility index (Phi) is 2.59. The van der Waals surface area contributed by atoms with Crippen LogP contribution in [0.3, 0.4) is 0 Å². The Hall–Kier alpha value is -1.59. The number of nitrogens with zero attached hydrogens (tertiary/aromatic N) is 2. The summed E-state index contributed by atoms with van der Waals surface area (Å²) in [7, 11) is 2.26. The third kappa shape index (κ3) is 1.73. The number of benzene rings is 2. The van der Waals surface area contributed by atoms with Crippen LogP contribution in [0.1, 0.15) is 5.56 Å². The second kappa shape index (κ2) is 3.95. The fourth-order valence-electron chi connectivity index (χ4n) is 2.55. The zero-order chi connectivity index (χ0) is 13.8. The summed E-state index contributed by atoms with van der Waals surface area (Å²) in [6.45, 7) is 0.428. The van der Waals surface area contributed by atoms with Crippen molar-refractivity contribution >= 4 is 26.5 Å². The van der Waals surface area contributed by atoms with E-state index in [1.165, 1.54) is 4.31 Å². The van der Waals surface area contributed by atoms with Gasteiger partial charge in [0.2, 0.25) is 10.0 Å². The van der Waals surface area contributed by atoms with Gasteiger partial charge in [0.1, 0.15) is 0 Å². The van der Waals surface area contributed by atoms with E-state index < -0.39 is 10.0 Å². The highest BCUT2D eigenvalue weighted by Crippen LogP contribution is 2.36. The standard InChI is InChI=1S/C14H16N2O2S/c1-15(2)12-7-10-5-4-6-13-14(10)11(8-12)9-16(3)19(13,17)18/h4-8H,9H2,1-3H3. The smallest absolute Gasteiger partial charge is 0.243 e. The van der Waals surface area contributed by atoms with E-state index in [0.29, 0.717) is 11.4 Å². The maximum Gasteiger partial charge on any atom is 0.243 e. The molecule has 3 rings (SSSR count). The van der Waals surface area contributed by atoms with E-state index in [4.69, 9.17) is 0 Å². The number of anilines is 1. The van der Waals surface area contributed by atoms with Gasteiger partial charge in [-0.15, -0.1) is 0 Å². The van der Waals surface area contributed by atoms with Gasteiger partial charge in [-0.25, -0.2) is 8.42 Å². The summed E-state index contributed by atoms with van der Waals surface area (Å²) in [5.74, 6) is 0. The van der Waals surface area contributed by atoms with Gasteiger partial charge in [0.05, 0.1) is 4.90 Å². The van der Waals surface area contributed by atoms with Crippen LogP contribution in [0.25, 0.3) is 10.8 Å². The van der Waals surface area contributed by atoms with Crippen molar-refractivity contribution < 1.29 is 8.42 Å². The fourth-order valence-corrected chi connectivity index (χ4v) is 3.96. The molecule has 4 nitrogen and oxygen atoms in total. The molecule has 0 bridgehead atoms. The maximum atomic E-state index is 12.3. The van der Waals surface area contributed by atoms with Gasteiger partial charge >= 0.3 is 0 Å². The molecular weight excluding hydrogens is 260 g/mol. The second-order valence-corrected chi connectivity index (χ2v) is 7.13. The van der Waals surface area contributed by atoms with Crippen LogP contribution in [-0.2, 0) is 16.6 Å². The molecule has 0 unspecified atom stereocenters. The Labute approximate surface area is 113 Å². The predicted molar refractivity (Wildman–Crippen MR) is 76.9 cm³/mol. The van der Waals surface area contributed by atoms with E-state index in [0.717, 1.165) is 22.0 Å². The van der Waals surface area contributed by atoms with Crippen molar-refractivity contribution in [2.75, 3.05) is 26.0 Å². The first-order chi connectivity index (χ1) is 8.91. The Bertz CT molecular complexity index is 766. The van der Waals surface area contributed by atoms with Crippen molar-refractivity contribution in [1.82, 2.24) is 4.31 Å². The third-order valence-corrected chi connectivity index (χ3v) is 5.45. The van der Waals surface area contributed by atoms with Crippen molar-refractivity contribution in [2.24, 2.45) is 0 Å². The molecule has 1 aliphatic heterocycles. The Morgan fingerprint density at radius 1 is 1.21 bits per heavy atom. The minimum Gasteiger partial charge on any atom is -0.378 e. The SMILES string of the molecule is CN(C)c1cc2c3c(cccc3c1)S(=O)(=O)N(C)C2. The van der Waals surface area contributed by atoms with E-state index >= 15 is 0 Å². The number of rotatable bonds is 1. The molecule has 0 aromatic heterocycles. The first kappa shape index (κ1) is 12.4. The lowest BCUT2D eigenvalue weighted by Gasteiger charge is -2.27. The van der Waals surface area contributed by atoms with Crippen LogP contribution >= 0.6 is 0 Å². The number of sulfonamides is 1. The van der Waals surface area contributed by atoms with Crippen molar-refractivity contribution in [2.45, 2.75) is 11.4 Å². The van der Waals surface area contributed by atoms with Crippen LogP contribution in [0.5, 0.6) is 0 Å². The molecule has 19 heavy (non-hydrogen) atoms. The molecule has 1 aliphatic rings. The van der Waals surface area contributed by atoms with Crippen LogP contribution < -0.4 is 4.90 Å². The van der Waals surface area contributed by atoms with Crippen LogP contribution in [0.2, 0.25) is 0 Å². The molecule has 0 radical (unpaired) electrons. The largest absolute Gasteiger partial charge is 0.378 e. The lowest BCUT2D eigenvalue weighted by molar-refractivity contribution is 0.463. The van der Waals surface area contributed by atoms with E-state index in [1.807, 2.05) is 31.1 Å². The molecule has 2 aromatic rings. The molecule has 0 amide bonds. The topological polar surface area (TPSA) is 40.6 Å². The number of hydrogen-bond donors (Lipinski definition) is 0. The average Bonchev–Trinajstić information content (AvgIpc) is 2.36. The van der Waals surface area contributed by atoms with Gasteiger partial charge in [-0.3, -0.25) is 0 Å². The average molecular weight is 276 g/mol. The highest BCUT2D eigenvalue weighted by Gasteiger charge is 2.29. The quantitative estimate of drug-likeness (QED) is 0.800. The molecule has 0 saturated carbocycles. The molecule has 100 valence electrons. The molecule has 0 N–H and O–H groups in total. The highest BCUT2D eigenvalue weighted by molar-refractivity contribution is 7.89. The van der Waals surface area contributed by atoms with Crippen molar-refractivity contribution in [1.29, 1.82) is 0 Å². The van der Waals surface area contributed by atoms with Crippen molar-refractivity contribution in [3.63, 3.8) is 0 Å². The van der Waals surface area contributed by atoms with E-state index in [1.54, 1.807) is 19.2 Å². The Morgan fingerprint density at radius 3 is 2.63 bits per heavy atom. The van der Waals surface area contributed by atoms with Crippen LogP contribution in [0.15, 0.2) is 35.2 Å². The van der Waals surface area contributed by atoms with Gasteiger partial charge in [0, 0.05) is 38.8 Å². The van der Waals surface area contributed by atoms with Crippen LogP contribution in [-0.4, -0.2) is 33.9 Å². The van der Waals surface area contributed by atoms with E-state index in [2.05, 4.69) is 6.07 Å². The number of hydrogen-bond acceptors (Lipinski definition) is 3. The zero-order valence-corrected chi connectivity index (χ0v) is 12.0. The van der Waals surface area contributed by atoms with Gasteiger partial charge in [0.25, 0.3) is 0 Å². The monoisotopic (exact) mass is 276 g/mol. The van der Waals surface area contributed by atoms with Gasteiger partial charge in [-0.05, 0) is 29.1 Å². The second-order valence-electron chi connectivity index (χ2n) is 5.11. The van der Waals surface area contributed by atoms with Gasteiger partial charge in [-0.2, -0.15) is 4.31 Å². The molecule has 0 spiro atoms. The lowest BCUT2D eigenvalue weighted by Crippen LogP contribution is -2.30. The molecule has 1 heterocycles. The first-order valence-electron chi connectivity index (χ1n) is 6.10. The predicted octanol–water partition coefficient (Wildman–Crippen LogP) is 2.04. The highest BCUT2D eigenvalue weighted by atomic mass is 32.2. The zero-order valence-electron chi connectivity index (χ0n) is 11.2. The fraction of sp³-hybridized carbons (Fsp3) is 0.286.